The van der Waals surface area contributed by atoms with Crippen molar-refractivity contribution in [1.29, 1.82) is 0 Å². The van der Waals surface area contributed by atoms with Gasteiger partial charge in [-0.1, -0.05) is 25.3 Å². The molecule has 0 aliphatic heterocycles. The number of ether oxygens (including phenoxy) is 2. The summed E-state index contributed by atoms with van der Waals surface area (Å²) in [6, 6.07) is 10.7. The average Bonchev–Trinajstić information content (AvgIpc) is 2.55. The van der Waals surface area contributed by atoms with Gasteiger partial charge in [0.25, 0.3) is 0 Å². The Hall–Kier alpha value is -2.92. The summed E-state index contributed by atoms with van der Waals surface area (Å²) in [6.45, 7) is 10.2. The summed E-state index contributed by atoms with van der Waals surface area (Å²) in [6.07, 6.45) is -1.19. The zero-order chi connectivity index (χ0) is 18.6. The Kier molecular flexibility index (Phi) is 5.72. The molecule has 1 N–H and O–H groups in total. The van der Waals surface area contributed by atoms with E-state index in [4.69, 9.17) is 9.47 Å². The average molecular weight is 342 g/mol. The Morgan fingerprint density at radius 2 is 1.68 bits per heavy atom. The maximum Gasteiger partial charge on any atom is 0.338 e. The zero-order valence-electron chi connectivity index (χ0n) is 14.1. The van der Waals surface area contributed by atoms with Crippen molar-refractivity contribution in [3.8, 4) is 22.6 Å². The third kappa shape index (κ3) is 4.78. The Labute approximate surface area is 145 Å². The molecule has 0 aliphatic rings. The molecule has 1 unspecified atom stereocenters. The van der Waals surface area contributed by atoms with E-state index in [0.29, 0.717) is 28.0 Å². The van der Waals surface area contributed by atoms with Crippen molar-refractivity contribution in [2.45, 2.75) is 20.1 Å². The van der Waals surface area contributed by atoms with E-state index < -0.39 is 18.1 Å². The molecule has 0 heterocycles. The highest BCUT2D eigenvalue weighted by Gasteiger charge is 2.11. The minimum Gasteiger partial charge on any atom is -0.461 e. The summed E-state index contributed by atoms with van der Waals surface area (Å²) in [7, 11) is 0. The van der Waals surface area contributed by atoms with Crippen molar-refractivity contribution in [3.63, 3.8) is 0 Å². The van der Waals surface area contributed by atoms with E-state index >= 15 is 0 Å². The van der Waals surface area contributed by atoms with Crippen molar-refractivity contribution in [2.75, 3.05) is 0 Å². The first-order valence-corrected chi connectivity index (χ1v) is 7.55. The lowest BCUT2D eigenvalue weighted by atomic mass is 10.0. The summed E-state index contributed by atoms with van der Waals surface area (Å²) < 4.78 is 24.6. The van der Waals surface area contributed by atoms with Gasteiger partial charge in [-0.2, -0.15) is 0 Å². The molecular formula is C20H19FO4. The number of carbonyl (C=O) groups is 1. The molecule has 2 aromatic rings. The lowest BCUT2D eigenvalue weighted by Gasteiger charge is -2.14. The van der Waals surface area contributed by atoms with Crippen LogP contribution in [0.15, 0.2) is 66.8 Å². The second-order valence-electron chi connectivity index (χ2n) is 5.65. The summed E-state index contributed by atoms with van der Waals surface area (Å²) in [5.74, 6) is -0.472. The second kappa shape index (κ2) is 7.77. The molecule has 130 valence electrons. The van der Waals surface area contributed by atoms with Gasteiger partial charge in [-0.3, -0.25) is 0 Å². The number of rotatable bonds is 6. The molecule has 2 rings (SSSR count). The summed E-state index contributed by atoms with van der Waals surface area (Å²) >= 11 is 0. The van der Waals surface area contributed by atoms with Crippen molar-refractivity contribution in [2.24, 2.45) is 0 Å². The molecule has 2 aromatic carbocycles. The summed E-state index contributed by atoms with van der Waals surface area (Å²) in [5, 5.41) is 9.61. The smallest absolute Gasteiger partial charge is 0.338 e. The van der Waals surface area contributed by atoms with E-state index in [1.807, 2.05) is 0 Å². The van der Waals surface area contributed by atoms with Crippen LogP contribution >= 0.6 is 0 Å². The van der Waals surface area contributed by atoms with E-state index in [9.17, 15) is 14.3 Å². The number of hydrogen-bond donors (Lipinski definition) is 1. The molecule has 0 saturated heterocycles. The standard InChI is InChI=1S/C20H19FO4/c1-12(2)19(22)24-15-7-5-14(6-8-15)17-10-9-16(11-18(17)21)25-20(23)13(3)4/h5-11,20,23H,1,3H2,2,4H3. The lowest BCUT2D eigenvalue weighted by Crippen LogP contribution is -2.16. The van der Waals surface area contributed by atoms with Crippen LogP contribution in [0.1, 0.15) is 13.8 Å². The Bertz CT molecular complexity index is 809. The number of hydrogen-bond acceptors (Lipinski definition) is 4. The Balaban J connectivity index is 2.17. The van der Waals surface area contributed by atoms with Gasteiger partial charge in [0.1, 0.15) is 17.3 Å². The first-order valence-electron chi connectivity index (χ1n) is 7.55. The monoisotopic (exact) mass is 342 g/mol. The molecule has 1 atom stereocenters. The van der Waals surface area contributed by atoms with Crippen LogP contribution in [0.3, 0.4) is 0 Å². The molecule has 0 bridgehead atoms. The van der Waals surface area contributed by atoms with E-state index in [0.717, 1.165) is 0 Å². The normalized spacial score (nSPS) is 11.5. The van der Waals surface area contributed by atoms with Crippen molar-refractivity contribution >= 4 is 5.97 Å². The number of aliphatic hydroxyl groups is 1. The van der Waals surface area contributed by atoms with Gasteiger partial charge in [-0.05, 0) is 49.2 Å². The molecule has 0 fully saturated rings. The largest absolute Gasteiger partial charge is 0.461 e. The molecule has 25 heavy (non-hydrogen) atoms. The molecular weight excluding hydrogens is 323 g/mol. The molecule has 0 aliphatic carbocycles. The van der Waals surface area contributed by atoms with Gasteiger partial charge in [0.15, 0.2) is 0 Å². The predicted molar refractivity (Wildman–Crippen MR) is 93.7 cm³/mol. The lowest BCUT2D eigenvalue weighted by molar-refractivity contribution is -0.130. The van der Waals surface area contributed by atoms with E-state index in [1.54, 1.807) is 50.2 Å². The van der Waals surface area contributed by atoms with Crippen LogP contribution in [0.25, 0.3) is 11.1 Å². The van der Waals surface area contributed by atoms with Crippen molar-refractivity contribution < 1.29 is 23.8 Å². The van der Waals surface area contributed by atoms with Gasteiger partial charge in [0, 0.05) is 17.2 Å². The molecule has 0 amide bonds. The van der Waals surface area contributed by atoms with Gasteiger partial charge >= 0.3 is 5.97 Å². The topological polar surface area (TPSA) is 55.8 Å². The van der Waals surface area contributed by atoms with E-state index in [1.165, 1.54) is 6.07 Å². The summed E-state index contributed by atoms with van der Waals surface area (Å²) in [5.41, 5.74) is 1.68. The minimum absolute atomic E-state index is 0.198. The quantitative estimate of drug-likeness (QED) is 0.280. The SMILES string of the molecule is C=C(C)C(=O)Oc1ccc(-c2ccc(OC(O)C(=C)C)cc2F)cc1. The van der Waals surface area contributed by atoms with Crippen LogP contribution in [-0.4, -0.2) is 17.4 Å². The number of benzene rings is 2. The van der Waals surface area contributed by atoms with Crippen LogP contribution in [-0.2, 0) is 4.79 Å². The predicted octanol–water partition coefficient (Wildman–Crippen LogP) is 4.25. The first-order chi connectivity index (χ1) is 11.8. The maximum atomic E-state index is 14.3. The van der Waals surface area contributed by atoms with Crippen molar-refractivity contribution in [1.82, 2.24) is 0 Å². The van der Waals surface area contributed by atoms with Crippen LogP contribution in [0.5, 0.6) is 11.5 Å². The molecule has 5 heteroatoms. The molecule has 0 aromatic heterocycles. The number of esters is 1. The van der Waals surface area contributed by atoms with Crippen LogP contribution in [0, 0.1) is 5.82 Å². The number of halogens is 1. The Morgan fingerprint density at radius 1 is 1.08 bits per heavy atom. The number of aliphatic hydroxyl groups excluding tert-OH is 1. The molecule has 0 radical (unpaired) electrons. The zero-order valence-corrected chi connectivity index (χ0v) is 14.1. The third-order valence-corrected chi connectivity index (χ3v) is 3.33. The second-order valence-corrected chi connectivity index (χ2v) is 5.65. The highest BCUT2D eigenvalue weighted by molar-refractivity contribution is 5.88. The maximum absolute atomic E-state index is 14.3. The van der Waals surface area contributed by atoms with Gasteiger partial charge in [0.2, 0.25) is 6.29 Å². The minimum atomic E-state index is -1.19. The molecule has 4 nitrogen and oxygen atoms in total. The van der Waals surface area contributed by atoms with Crippen LogP contribution in [0.2, 0.25) is 0 Å². The highest BCUT2D eigenvalue weighted by Crippen LogP contribution is 2.28. The van der Waals surface area contributed by atoms with Crippen molar-refractivity contribution in [3.05, 3.63) is 72.6 Å². The van der Waals surface area contributed by atoms with E-state index in [2.05, 4.69) is 13.2 Å². The first kappa shape index (κ1) is 18.4. The fraction of sp³-hybridized carbons (Fsp3) is 0.150. The summed E-state index contributed by atoms with van der Waals surface area (Å²) in [4.78, 5) is 11.5. The van der Waals surface area contributed by atoms with Gasteiger partial charge in [0.05, 0.1) is 0 Å². The molecule has 0 saturated carbocycles. The number of carbonyl (C=O) groups excluding carboxylic acids is 1. The van der Waals surface area contributed by atoms with Crippen LogP contribution in [0.4, 0.5) is 4.39 Å². The van der Waals surface area contributed by atoms with Gasteiger partial charge < -0.3 is 14.6 Å². The van der Waals surface area contributed by atoms with Gasteiger partial charge in [-0.25, -0.2) is 9.18 Å². The fourth-order valence-corrected chi connectivity index (χ4v) is 1.93. The third-order valence-electron chi connectivity index (χ3n) is 3.33. The van der Waals surface area contributed by atoms with E-state index in [-0.39, 0.29) is 5.75 Å². The highest BCUT2D eigenvalue weighted by atomic mass is 19.1. The fourth-order valence-electron chi connectivity index (χ4n) is 1.93. The molecule has 0 spiro atoms. The van der Waals surface area contributed by atoms with Crippen LogP contribution < -0.4 is 9.47 Å². The Morgan fingerprint density at radius 3 is 2.20 bits per heavy atom. The van der Waals surface area contributed by atoms with Gasteiger partial charge in [-0.15, -0.1) is 0 Å².